The van der Waals surface area contributed by atoms with Gasteiger partial charge in [0, 0.05) is 36.0 Å². The fourth-order valence-electron chi connectivity index (χ4n) is 4.93. The first-order chi connectivity index (χ1) is 17.0. The molecule has 1 aromatic heterocycles. The first-order valence-corrected chi connectivity index (χ1v) is 13.0. The van der Waals surface area contributed by atoms with E-state index < -0.39 is 10.0 Å². The average Bonchev–Trinajstić information content (AvgIpc) is 2.85. The summed E-state index contributed by atoms with van der Waals surface area (Å²) in [6.45, 7) is -0.158. The highest BCUT2D eigenvalue weighted by molar-refractivity contribution is 7.88. The Kier molecular flexibility index (Phi) is 6.39. The first-order valence-electron chi connectivity index (χ1n) is 11.4. The van der Waals surface area contributed by atoms with Gasteiger partial charge in [0.05, 0.1) is 31.0 Å². The third-order valence-electron chi connectivity index (χ3n) is 6.61. The van der Waals surface area contributed by atoms with Crippen molar-refractivity contribution in [3.05, 3.63) is 101 Å². The van der Waals surface area contributed by atoms with Gasteiger partial charge in [-0.2, -0.15) is 4.31 Å². The number of carbonyl (C=O) groups is 1. The average molecular weight is 488 g/mol. The molecule has 0 spiro atoms. The number of pyridine rings is 1. The maximum atomic E-state index is 13.1. The summed E-state index contributed by atoms with van der Waals surface area (Å²) in [5, 5.41) is 10.0. The molecule has 7 nitrogen and oxygen atoms in total. The van der Waals surface area contributed by atoms with Gasteiger partial charge in [-0.1, -0.05) is 54.3 Å². The lowest BCUT2D eigenvalue weighted by Crippen LogP contribution is -2.73. The van der Waals surface area contributed by atoms with Gasteiger partial charge in [-0.15, -0.1) is 0 Å². The number of hydrogen-bond acceptors (Lipinski definition) is 5. The third-order valence-corrected chi connectivity index (χ3v) is 8.38. The Morgan fingerprint density at radius 1 is 0.971 bits per heavy atom. The Labute approximate surface area is 205 Å². The van der Waals surface area contributed by atoms with Crippen molar-refractivity contribution >= 4 is 15.9 Å². The molecule has 3 aromatic rings. The summed E-state index contributed by atoms with van der Waals surface area (Å²) < 4.78 is 27.5. The van der Waals surface area contributed by atoms with Crippen LogP contribution in [0.15, 0.2) is 79.1 Å². The first kappa shape index (κ1) is 23.2. The van der Waals surface area contributed by atoms with Crippen LogP contribution in [-0.2, 0) is 20.6 Å². The lowest BCUT2D eigenvalue weighted by Gasteiger charge is -2.58. The molecule has 2 aliphatic rings. The number of rotatable bonds is 5. The Morgan fingerprint density at radius 2 is 1.71 bits per heavy atom. The van der Waals surface area contributed by atoms with Crippen molar-refractivity contribution in [1.29, 1.82) is 0 Å². The highest BCUT2D eigenvalue weighted by atomic mass is 32.2. The quantitative estimate of drug-likeness (QED) is 0.556. The molecule has 35 heavy (non-hydrogen) atoms. The van der Waals surface area contributed by atoms with Gasteiger partial charge in [0.1, 0.15) is 0 Å². The van der Waals surface area contributed by atoms with Gasteiger partial charge < -0.3 is 10.0 Å². The highest BCUT2D eigenvalue weighted by Gasteiger charge is 2.55. The summed E-state index contributed by atoms with van der Waals surface area (Å²) in [5.41, 5.74) is 3.29. The summed E-state index contributed by atoms with van der Waals surface area (Å²) in [5.74, 6) is 5.61. The van der Waals surface area contributed by atoms with Crippen LogP contribution in [0.3, 0.4) is 0 Å². The summed E-state index contributed by atoms with van der Waals surface area (Å²) in [6.07, 6.45) is 3.40. The standard InChI is InChI=1S/C27H25N3O4S/c31-18-25-27(23-12-10-20(11-13-23)8-9-21-7-4-14-28-15-21)24-16-29(17-26(32)30(24)25)35(33,34)19-22-5-2-1-3-6-22/h1-7,10-15,24-25,27,31H,16-19H2/t24-,25+,27-/m1/s1. The number of fused-ring (bicyclic) bond motifs is 1. The summed E-state index contributed by atoms with van der Waals surface area (Å²) in [7, 11) is -3.66. The van der Waals surface area contributed by atoms with Crippen molar-refractivity contribution in [2.75, 3.05) is 19.7 Å². The van der Waals surface area contributed by atoms with Gasteiger partial charge in [-0.3, -0.25) is 9.78 Å². The van der Waals surface area contributed by atoms with Crippen LogP contribution in [0.1, 0.15) is 28.2 Å². The van der Waals surface area contributed by atoms with Gasteiger partial charge in [-0.05, 0) is 35.4 Å². The minimum Gasteiger partial charge on any atom is -0.394 e. The maximum absolute atomic E-state index is 13.1. The zero-order valence-electron chi connectivity index (χ0n) is 19.0. The minimum atomic E-state index is -3.66. The molecule has 5 rings (SSSR count). The molecule has 0 bridgehead atoms. The van der Waals surface area contributed by atoms with E-state index in [1.54, 1.807) is 41.6 Å². The lowest BCUT2D eigenvalue weighted by molar-refractivity contribution is -0.158. The number of amides is 1. The largest absolute Gasteiger partial charge is 0.394 e. The molecule has 0 saturated carbocycles. The topological polar surface area (TPSA) is 90.8 Å². The van der Waals surface area contributed by atoms with Gasteiger partial charge in [0.25, 0.3) is 0 Å². The SMILES string of the molecule is O=C1CN(S(=O)(=O)Cc2ccccc2)C[C@@H]2[C@@H](c3ccc(C#Cc4cccnc4)cc3)[C@H](CO)N12. The van der Waals surface area contributed by atoms with Gasteiger partial charge in [-0.25, -0.2) is 8.42 Å². The van der Waals surface area contributed by atoms with E-state index in [0.717, 1.165) is 16.7 Å². The Morgan fingerprint density at radius 3 is 2.40 bits per heavy atom. The normalized spacial score (nSPS) is 22.0. The van der Waals surface area contributed by atoms with Gasteiger partial charge in [0.2, 0.25) is 15.9 Å². The van der Waals surface area contributed by atoms with E-state index in [9.17, 15) is 18.3 Å². The van der Waals surface area contributed by atoms with E-state index in [-0.39, 0.29) is 49.4 Å². The molecule has 0 radical (unpaired) electrons. The third kappa shape index (κ3) is 4.71. The highest BCUT2D eigenvalue weighted by Crippen LogP contribution is 2.43. The monoisotopic (exact) mass is 487 g/mol. The molecular weight excluding hydrogens is 462 g/mol. The number of aromatic nitrogens is 1. The molecule has 2 aromatic carbocycles. The van der Waals surface area contributed by atoms with E-state index in [2.05, 4.69) is 16.8 Å². The van der Waals surface area contributed by atoms with E-state index in [1.165, 1.54) is 4.31 Å². The van der Waals surface area contributed by atoms with Crippen LogP contribution in [0.4, 0.5) is 0 Å². The van der Waals surface area contributed by atoms with E-state index in [0.29, 0.717) is 5.56 Å². The molecule has 0 unspecified atom stereocenters. The molecule has 1 N–H and O–H groups in total. The molecule has 0 aliphatic carbocycles. The van der Waals surface area contributed by atoms with Crippen molar-refractivity contribution in [3.8, 4) is 11.8 Å². The van der Waals surface area contributed by atoms with Crippen molar-refractivity contribution in [1.82, 2.24) is 14.2 Å². The van der Waals surface area contributed by atoms with Crippen LogP contribution >= 0.6 is 0 Å². The number of benzene rings is 2. The summed E-state index contributed by atoms with van der Waals surface area (Å²) in [4.78, 5) is 18.6. The van der Waals surface area contributed by atoms with Crippen LogP contribution < -0.4 is 0 Å². The summed E-state index contributed by atoms with van der Waals surface area (Å²) >= 11 is 0. The molecule has 2 fully saturated rings. The van der Waals surface area contributed by atoms with Gasteiger partial charge in [0.15, 0.2) is 0 Å². The molecule has 178 valence electrons. The van der Waals surface area contributed by atoms with Crippen molar-refractivity contribution in [2.24, 2.45) is 0 Å². The Hall–Kier alpha value is -3.51. The van der Waals surface area contributed by atoms with Crippen LogP contribution in [0, 0.1) is 11.8 Å². The molecule has 3 heterocycles. The van der Waals surface area contributed by atoms with Crippen molar-refractivity contribution in [2.45, 2.75) is 23.8 Å². The number of carbonyl (C=O) groups excluding carboxylic acids is 1. The predicted octanol–water partition coefficient (Wildman–Crippen LogP) is 1.98. The van der Waals surface area contributed by atoms with Crippen molar-refractivity contribution < 1.29 is 18.3 Å². The number of aliphatic hydroxyl groups excluding tert-OH is 1. The second kappa shape index (κ2) is 9.62. The van der Waals surface area contributed by atoms with Gasteiger partial charge >= 0.3 is 0 Å². The lowest BCUT2D eigenvalue weighted by atomic mass is 9.74. The molecule has 2 aliphatic heterocycles. The van der Waals surface area contributed by atoms with Crippen LogP contribution in [0.25, 0.3) is 0 Å². The van der Waals surface area contributed by atoms with Crippen LogP contribution in [-0.4, -0.2) is 65.4 Å². The fourth-order valence-corrected chi connectivity index (χ4v) is 6.41. The van der Waals surface area contributed by atoms with Crippen molar-refractivity contribution in [3.63, 3.8) is 0 Å². The fraction of sp³-hybridized carbons (Fsp3) is 0.259. The number of aliphatic hydroxyl groups is 1. The van der Waals surface area contributed by atoms with Crippen LogP contribution in [0.2, 0.25) is 0 Å². The number of hydrogen-bond donors (Lipinski definition) is 1. The number of sulfonamides is 1. The molecular formula is C27H25N3O4S. The summed E-state index contributed by atoms with van der Waals surface area (Å²) in [6, 6.07) is 19.7. The number of nitrogens with zero attached hydrogens (tertiary/aromatic N) is 3. The van der Waals surface area contributed by atoms with Crippen LogP contribution in [0.5, 0.6) is 0 Å². The van der Waals surface area contributed by atoms with E-state index in [4.69, 9.17) is 0 Å². The second-order valence-corrected chi connectivity index (χ2v) is 10.8. The Balaban J connectivity index is 1.34. The zero-order chi connectivity index (χ0) is 24.4. The van der Waals surface area contributed by atoms with E-state index >= 15 is 0 Å². The zero-order valence-corrected chi connectivity index (χ0v) is 19.8. The molecule has 1 amide bonds. The number of piperazine rings is 1. The van der Waals surface area contributed by atoms with E-state index in [1.807, 2.05) is 42.5 Å². The molecule has 8 heteroatoms. The second-order valence-electron chi connectivity index (χ2n) is 8.79. The minimum absolute atomic E-state index is 0.147. The molecule has 3 atom stereocenters. The smallest absolute Gasteiger partial charge is 0.238 e. The predicted molar refractivity (Wildman–Crippen MR) is 132 cm³/mol. The maximum Gasteiger partial charge on any atom is 0.238 e. The molecule has 2 saturated heterocycles. The Bertz CT molecular complexity index is 1370.